The molecule has 2 rings (SSSR count). The maximum atomic E-state index is 12.0. The van der Waals surface area contributed by atoms with E-state index in [9.17, 15) is 4.79 Å². The van der Waals surface area contributed by atoms with Crippen molar-refractivity contribution >= 4 is 17.7 Å². The van der Waals surface area contributed by atoms with E-state index < -0.39 is 0 Å². The largest absolute Gasteiger partial charge is 0.496 e. The summed E-state index contributed by atoms with van der Waals surface area (Å²) in [4.78, 5) is 12.0. The first kappa shape index (κ1) is 16.4. The van der Waals surface area contributed by atoms with E-state index in [0.29, 0.717) is 17.5 Å². The lowest BCUT2D eigenvalue weighted by molar-refractivity contribution is -0.118. The van der Waals surface area contributed by atoms with E-state index in [-0.39, 0.29) is 5.91 Å². The number of nitrogens with one attached hydrogen (secondary N) is 1. The SMILES string of the molecule is COc1ccccc1CNC(=O)CSC(C)c1ccccc1. The van der Waals surface area contributed by atoms with Gasteiger partial charge in [-0.25, -0.2) is 0 Å². The molecule has 0 radical (unpaired) electrons. The molecule has 0 aliphatic carbocycles. The topological polar surface area (TPSA) is 38.3 Å². The van der Waals surface area contributed by atoms with Crippen molar-refractivity contribution in [2.75, 3.05) is 12.9 Å². The Kier molecular flexibility index (Phi) is 6.34. The van der Waals surface area contributed by atoms with Crippen molar-refractivity contribution in [1.82, 2.24) is 5.32 Å². The molecule has 1 amide bonds. The summed E-state index contributed by atoms with van der Waals surface area (Å²) in [5.74, 6) is 1.29. The standard InChI is InChI=1S/C18H21NO2S/c1-14(15-8-4-3-5-9-15)22-13-18(20)19-12-16-10-6-7-11-17(16)21-2/h3-11,14H,12-13H2,1-2H3,(H,19,20). The molecule has 0 saturated heterocycles. The molecule has 0 fully saturated rings. The summed E-state index contributed by atoms with van der Waals surface area (Å²) in [6.45, 7) is 2.61. The summed E-state index contributed by atoms with van der Waals surface area (Å²) >= 11 is 1.64. The van der Waals surface area contributed by atoms with Gasteiger partial charge in [-0.2, -0.15) is 0 Å². The van der Waals surface area contributed by atoms with Crippen LogP contribution < -0.4 is 10.1 Å². The number of hydrogen-bond acceptors (Lipinski definition) is 3. The highest BCUT2D eigenvalue weighted by molar-refractivity contribution is 8.00. The van der Waals surface area contributed by atoms with Crippen molar-refractivity contribution in [3.05, 3.63) is 65.7 Å². The summed E-state index contributed by atoms with van der Waals surface area (Å²) < 4.78 is 5.28. The van der Waals surface area contributed by atoms with Gasteiger partial charge in [0, 0.05) is 17.4 Å². The zero-order valence-corrected chi connectivity index (χ0v) is 13.7. The van der Waals surface area contributed by atoms with Crippen LogP contribution in [0.15, 0.2) is 54.6 Å². The average molecular weight is 315 g/mol. The summed E-state index contributed by atoms with van der Waals surface area (Å²) in [5.41, 5.74) is 2.23. The average Bonchev–Trinajstić information content (AvgIpc) is 2.58. The first-order valence-electron chi connectivity index (χ1n) is 7.26. The van der Waals surface area contributed by atoms with Crippen LogP contribution in [0.1, 0.15) is 23.3 Å². The van der Waals surface area contributed by atoms with E-state index in [0.717, 1.165) is 11.3 Å². The number of carbonyl (C=O) groups excluding carboxylic acids is 1. The number of methoxy groups -OCH3 is 1. The zero-order chi connectivity index (χ0) is 15.8. The highest BCUT2D eigenvalue weighted by Gasteiger charge is 2.09. The molecular weight excluding hydrogens is 294 g/mol. The van der Waals surface area contributed by atoms with Crippen LogP contribution in [0.25, 0.3) is 0 Å². The van der Waals surface area contributed by atoms with Crippen LogP contribution in [-0.4, -0.2) is 18.8 Å². The van der Waals surface area contributed by atoms with Crippen molar-refractivity contribution < 1.29 is 9.53 Å². The third-order valence-electron chi connectivity index (χ3n) is 3.40. The van der Waals surface area contributed by atoms with E-state index in [1.165, 1.54) is 5.56 Å². The number of amides is 1. The molecule has 4 heteroatoms. The van der Waals surface area contributed by atoms with Crippen LogP contribution >= 0.6 is 11.8 Å². The van der Waals surface area contributed by atoms with Crippen LogP contribution in [0.2, 0.25) is 0 Å². The first-order chi connectivity index (χ1) is 10.7. The molecule has 1 N–H and O–H groups in total. The Labute approximate surface area is 136 Å². The van der Waals surface area contributed by atoms with Crippen LogP contribution in [0.3, 0.4) is 0 Å². The van der Waals surface area contributed by atoms with Crippen molar-refractivity contribution in [1.29, 1.82) is 0 Å². The quantitative estimate of drug-likeness (QED) is 0.844. The third kappa shape index (κ3) is 4.81. The predicted molar refractivity (Wildman–Crippen MR) is 92.2 cm³/mol. The highest BCUT2D eigenvalue weighted by atomic mass is 32.2. The van der Waals surface area contributed by atoms with Crippen LogP contribution in [0.4, 0.5) is 0 Å². The van der Waals surface area contributed by atoms with Crippen molar-refractivity contribution in [3.63, 3.8) is 0 Å². The van der Waals surface area contributed by atoms with E-state index >= 15 is 0 Å². The van der Waals surface area contributed by atoms with Gasteiger partial charge in [-0.05, 0) is 18.6 Å². The van der Waals surface area contributed by atoms with E-state index in [4.69, 9.17) is 4.74 Å². The smallest absolute Gasteiger partial charge is 0.230 e. The number of carbonyl (C=O) groups is 1. The zero-order valence-electron chi connectivity index (χ0n) is 12.9. The first-order valence-corrected chi connectivity index (χ1v) is 8.30. The maximum Gasteiger partial charge on any atom is 0.230 e. The fourth-order valence-electron chi connectivity index (χ4n) is 2.11. The van der Waals surface area contributed by atoms with Gasteiger partial charge in [-0.1, -0.05) is 48.5 Å². The minimum Gasteiger partial charge on any atom is -0.496 e. The summed E-state index contributed by atoms with van der Waals surface area (Å²) in [6.07, 6.45) is 0. The highest BCUT2D eigenvalue weighted by Crippen LogP contribution is 2.27. The van der Waals surface area contributed by atoms with Gasteiger partial charge in [-0.3, -0.25) is 4.79 Å². The third-order valence-corrected chi connectivity index (χ3v) is 4.60. The Balaban J connectivity index is 1.79. The summed E-state index contributed by atoms with van der Waals surface area (Å²) in [5, 5.41) is 3.24. The molecule has 0 saturated carbocycles. The second-order valence-corrected chi connectivity index (χ2v) is 6.28. The molecule has 1 atom stereocenters. The molecule has 116 valence electrons. The Morgan fingerprint density at radius 1 is 1.14 bits per heavy atom. The number of rotatable bonds is 7. The van der Waals surface area contributed by atoms with Crippen LogP contribution in [0, 0.1) is 0 Å². The number of hydrogen-bond donors (Lipinski definition) is 1. The summed E-state index contributed by atoms with van der Waals surface area (Å²) in [6, 6.07) is 17.9. The molecule has 22 heavy (non-hydrogen) atoms. The van der Waals surface area contributed by atoms with Gasteiger partial charge in [-0.15, -0.1) is 11.8 Å². The fourth-order valence-corrected chi connectivity index (χ4v) is 2.97. The van der Waals surface area contributed by atoms with Crippen LogP contribution in [-0.2, 0) is 11.3 Å². The number of para-hydroxylation sites is 1. The molecule has 0 heterocycles. The van der Waals surface area contributed by atoms with Gasteiger partial charge in [0.2, 0.25) is 5.91 Å². The molecule has 2 aromatic rings. The Morgan fingerprint density at radius 3 is 2.55 bits per heavy atom. The molecule has 3 nitrogen and oxygen atoms in total. The molecule has 1 unspecified atom stereocenters. The van der Waals surface area contributed by atoms with Gasteiger partial charge < -0.3 is 10.1 Å². The number of ether oxygens (including phenoxy) is 1. The summed E-state index contributed by atoms with van der Waals surface area (Å²) in [7, 11) is 1.64. The molecule has 2 aromatic carbocycles. The lowest BCUT2D eigenvalue weighted by Gasteiger charge is -2.12. The number of thioether (sulfide) groups is 1. The molecule has 0 aliphatic rings. The van der Waals surface area contributed by atoms with Gasteiger partial charge >= 0.3 is 0 Å². The predicted octanol–water partition coefficient (Wildman–Crippen LogP) is 3.81. The second-order valence-electron chi connectivity index (χ2n) is 4.95. The molecule has 0 aliphatic heterocycles. The van der Waals surface area contributed by atoms with Crippen LogP contribution in [0.5, 0.6) is 5.75 Å². The lowest BCUT2D eigenvalue weighted by atomic mass is 10.2. The maximum absolute atomic E-state index is 12.0. The van der Waals surface area contributed by atoms with E-state index in [2.05, 4.69) is 24.4 Å². The van der Waals surface area contributed by atoms with Gasteiger partial charge in [0.25, 0.3) is 0 Å². The van der Waals surface area contributed by atoms with Crippen molar-refractivity contribution in [2.45, 2.75) is 18.7 Å². The molecule has 0 spiro atoms. The minimum absolute atomic E-state index is 0.0405. The minimum atomic E-state index is 0.0405. The Hall–Kier alpha value is -1.94. The monoisotopic (exact) mass is 315 g/mol. The Morgan fingerprint density at radius 2 is 1.82 bits per heavy atom. The molecular formula is C18H21NO2S. The van der Waals surface area contributed by atoms with Gasteiger partial charge in [0.1, 0.15) is 5.75 Å². The Bertz CT molecular complexity index is 601. The van der Waals surface area contributed by atoms with Gasteiger partial charge in [0.05, 0.1) is 12.9 Å². The number of benzene rings is 2. The second kappa shape index (κ2) is 8.49. The fraction of sp³-hybridized carbons (Fsp3) is 0.278. The van der Waals surface area contributed by atoms with E-state index in [1.54, 1.807) is 18.9 Å². The molecule has 0 bridgehead atoms. The van der Waals surface area contributed by atoms with E-state index in [1.807, 2.05) is 42.5 Å². The van der Waals surface area contributed by atoms with Crippen molar-refractivity contribution in [2.24, 2.45) is 0 Å². The molecule has 0 aromatic heterocycles. The van der Waals surface area contributed by atoms with Gasteiger partial charge in [0.15, 0.2) is 0 Å². The normalized spacial score (nSPS) is 11.7. The lowest BCUT2D eigenvalue weighted by Crippen LogP contribution is -2.25. The van der Waals surface area contributed by atoms with Crippen molar-refractivity contribution in [3.8, 4) is 5.75 Å².